The van der Waals surface area contributed by atoms with E-state index in [9.17, 15) is 4.79 Å². The van der Waals surface area contributed by atoms with Crippen LogP contribution in [0.25, 0.3) is 11.0 Å². The predicted octanol–water partition coefficient (Wildman–Crippen LogP) is 3.91. The van der Waals surface area contributed by atoms with Gasteiger partial charge in [0.15, 0.2) is 11.5 Å². The van der Waals surface area contributed by atoms with Crippen molar-refractivity contribution in [3.05, 3.63) is 62.9 Å². The summed E-state index contributed by atoms with van der Waals surface area (Å²) in [6.45, 7) is 1.44. The lowest BCUT2D eigenvalue weighted by Gasteiger charge is -2.20. The zero-order valence-corrected chi connectivity index (χ0v) is 14.2. The third-order valence-electron chi connectivity index (χ3n) is 3.70. The zero-order valence-electron chi connectivity index (χ0n) is 12.6. The molecule has 0 unspecified atom stereocenters. The molecule has 0 saturated carbocycles. The van der Waals surface area contributed by atoms with Gasteiger partial charge in [-0.3, -0.25) is 0 Å². The van der Waals surface area contributed by atoms with E-state index in [0.29, 0.717) is 36.9 Å². The quantitative estimate of drug-likeness (QED) is 0.636. The van der Waals surface area contributed by atoms with E-state index >= 15 is 0 Å². The van der Waals surface area contributed by atoms with Gasteiger partial charge < -0.3 is 18.6 Å². The van der Waals surface area contributed by atoms with E-state index in [1.54, 1.807) is 12.1 Å². The van der Waals surface area contributed by atoms with Gasteiger partial charge in [-0.05, 0) is 30.3 Å². The van der Waals surface area contributed by atoms with Crippen LogP contribution >= 0.6 is 15.9 Å². The molecule has 0 radical (unpaired) electrons. The molecule has 0 aliphatic carbocycles. The molecule has 4 rings (SSSR count). The Balaban J connectivity index is 1.57. The molecule has 1 aromatic heterocycles. The second-order valence-corrected chi connectivity index (χ2v) is 6.18. The van der Waals surface area contributed by atoms with Crippen molar-refractivity contribution in [3.63, 3.8) is 0 Å². The lowest BCUT2D eigenvalue weighted by Crippen LogP contribution is -2.15. The molecular weight excluding hydrogens is 376 g/mol. The van der Waals surface area contributed by atoms with Crippen molar-refractivity contribution >= 4 is 26.9 Å². The van der Waals surface area contributed by atoms with Crippen molar-refractivity contribution < 1.29 is 18.6 Å². The highest BCUT2D eigenvalue weighted by atomic mass is 79.9. The van der Waals surface area contributed by atoms with Crippen molar-refractivity contribution in [3.8, 4) is 17.2 Å². The maximum atomic E-state index is 11.3. The van der Waals surface area contributed by atoms with Crippen LogP contribution in [-0.4, -0.2) is 13.2 Å². The summed E-state index contributed by atoms with van der Waals surface area (Å²) < 4.78 is 23.0. The minimum absolute atomic E-state index is 0.347. The summed E-state index contributed by atoms with van der Waals surface area (Å²) in [7, 11) is 0. The minimum Gasteiger partial charge on any atom is -0.489 e. The highest BCUT2D eigenvalue weighted by Crippen LogP contribution is 2.36. The fourth-order valence-corrected chi connectivity index (χ4v) is 2.95. The molecule has 5 nitrogen and oxygen atoms in total. The molecule has 6 heteroatoms. The van der Waals surface area contributed by atoms with Crippen LogP contribution in [0, 0.1) is 0 Å². The van der Waals surface area contributed by atoms with Crippen molar-refractivity contribution in [2.24, 2.45) is 0 Å². The highest BCUT2D eigenvalue weighted by molar-refractivity contribution is 9.10. The van der Waals surface area contributed by atoms with Gasteiger partial charge in [0.05, 0.1) is 0 Å². The second kappa shape index (κ2) is 6.20. The zero-order chi connectivity index (χ0) is 16.5. The monoisotopic (exact) mass is 388 g/mol. The largest absolute Gasteiger partial charge is 0.489 e. The Morgan fingerprint density at radius 1 is 1.00 bits per heavy atom. The van der Waals surface area contributed by atoms with Gasteiger partial charge in [0, 0.05) is 27.6 Å². The average Bonchev–Trinajstić information content (AvgIpc) is 2.59. The Morgan fingerprint density at radius 3 is 2.58 bits per heavy atom. The number of hydrogen-bond acceptors (Lipinski definition) is 5. The van der Waals surface area contributed by atoms with Gasteiger partial charge in [-0.25, -0.2) is 4.79 Å². The van der Waals surface area contributed by atoms with Crippen LogP contribution in [-0.2, 0) is 6.61 Å². The lowest BCUT2D eigenvalue weighted by atomic mass is 10.2. The molecule has 1 aliphatic heterocycles. The predicted molar refractivity (Wildman–Crippen MR) is 91.9 cm³/mol. The average molecular weight is 389 g/mol. The topological polar surface area (TPSA) is 57.9 Å². The number of hydrogen-bond donors (Lipinski definition) is 0. The van der Waals surface area contributed by atoms with Gasteiger partial charge in [0.2, 0.25) is 0 Å². The molecule has 2 heterocycles. The number of rotatable bonds is 3. The smallest absolute Gasteiger partial charge is 0.336 e. The standard InChI is InChI=1S/C18H13BrO5/c19-14-9-17-16(21-5-6-22-17)7-12(14)10-23-13-3-1-11-2-4-18(20)24-15(11)8-13/h1-4,7-9H,5-6,10H2. The normalized spacial score (nSPS) is 13.0. The lowest BCUT2D eigenvalue weighted by molar-refractivity contribution is 0.171. The Labute approximate surface area is 145 Å². The second-order valence-electron chi connectivity index (χ2n) is 5.33. The molecule has 2 aromatic carbocycles. The van der Waals surface area contributed by atoms with Gasteiger partial charge in [0.1, 0.15) is 31.2 Å². The van der Waals surface area contributed by atoms with Crippen LogP contribution in [0.2, 0.25) is 0 Å². The first kappa shape index (κ1) is 15.1. The van der Waals surface area contributed by atoms with Crippen LogP contribution in [0.5, 0.6) is 17.2 Å². The molecule has 0 spiro atoms. The summed E-state index contributed by atoms with van der Waals surface area (Å²) in [6, 6.07) is 12.3. The summed E-state index contributed by atoms with van der Waals surface area (Å²) >= 11 is 3.52. The molecule has 0 atom stereocenters. The van der Waals surface area contributed by atoms with E-state index in [1.165, 1.54) is 6.07 Å². The SMILES string of the molecule is O=c1ccc2ccc(OCc3cc4c(cc3Br)OCCO4)cc2o1. The van der Waals surface area contributed by atoms with Crippen LogP contribution in [0.3, 0.4) is 0 Å². The third-order valence-corrected chi connectivity index (χ3v) is 4.44. The van der Waals surface area contributed by atoms with E-state index in [2.05, 4.69) is 15.9 Å². The molecule has 0 amide bonds. The van der Waals surface area contributed by atoms with Crippen molar-refractivity contribution in [2.75, 3.05) is 13.2 Å². The summed E-state index contributed by atoms with van der Waals surface area (Å²) in [5.41, 5.74) is 1.06. The Morgan fingerprint density at radius 2 is 1.75 bits per heavy atom. The molecule has 122 valence electrons. The Hall–Kier alpha value is -2.47. The molecule has 0 fully saturated rings. The van der Waals surface area contributed by atoms with E-state index in [0.717, 1.165) is 21.2 Å². The molecule has 3 aromatic rings. The summed E-state index contributed by atoms with van der Waals surface area (Å²) in [6.07, 6.45) is 0. The maximum absolute atomic E-state index is 11.3. The molecular formula is C18H13BrO5. The van der Waals surface area contributed by atoms with E-state index in [1.807, 2.05) is 24.3 Å². The fourth-order valence-electron chi connectivity index (χ4n) is 2.51. The highest BCUT2D eigenvalue weighted by Gasteiger charge is 2.15. The van der Waals surface area contributed by atoms with Crippen LogP contribution in [0.1, 0.15) is 5.56 Å². The van der Waals surface area contributed by atoms with Crippen LogP contribution < -0.4 is 19.8 Å². The number of ether oxygens (including phenoxy) is 3. The van der Waals surface area contributed by atoms with Crippen molar-refractivity contribution in [1.82, 2.24) is 0 Å². The molecule has 0 N–H and O–H groups in total. The molecule has 24 heavy (non-hydrogen) atoms. The number of benzene rings is 2. The number of fused-ring (bicyclic) bond motifs is 2. The fraction of sp³-hybridized carbons (Fsp3) is 0.167. The molecule has 0 saturated heterocycles. The Kier molecular flexibility index (Phi) is 3.90. The van der Waals surface area contributed by atoms with Crippen LogP contribution in [0.4, 0.5) is 0 Å². The maximum Gasteiger partial charge on any atom is 0.336 e. The summed E-state index contributed by atoms with van der Waals surface area (Å²) in [5, 5.41) is 0.850. The van der Waals surface area contributed by atoms with Gasteiger partial charge in [0.25, 0.3) is 0 Å². The van der Waals surface area contributed by atoms with E-state index in [-0.39, 0.29) is 5.63 Å². The first-order valence-corrected chi connectivity index (χ1v) is 8.23. The van der Waals surface area contributed by atoms with Crippen LogP contribution in [0.15, 0.2) is 56.1 Å². The first-order valence-electron chi connectivity index (χ1n) is 7.44. The van der Waals surface area contributed by atoms with Crippen molar-refractivity contribution in [1.29, 1.82) is 0 Å². The minimum atomic E-state index is -0.380. The Bertz CT molecular complexity index is 963. The van der Waals surface area contributed by atoms with E-state index in [4.69, 9.17) is 18.6 Å². The summed E-state index contributed by atoms with van der Waals surface area (Å²) in [4.78, 5) is 11.3. The molecule has 0 bridgehead atoms. The first-order chi connectivity index (χ1) is 11.7. The molecule has 1 aliphatic rings. The van der Waals surface area contributed by atoms with Gasteiger partial charge in [-0.1, -0.05) is 15.9 Å². The van der Waals surface area contributed by atoms with Gasteiger partial charge >= 0.3 is 5.63 Å². The van der Waals surface area contributed by atoms with E-state index < -0.39 is 0 Å². The van der Waals surface area contributed by atoms with Crippen molar-refractivity contribution in [2.45, 2.75) is 6.61 Å². The third kappa shape index (κ3) is 2.97. The summed E-state index contributed by atoms with van der Waals surface area (Å²) in [5.74, 6) is 2.07. The van der Waals surface area contributed by atoms with Gasteiger partial charge in [-0.15, -0.1) is 0 Å². The number of halogens is 1. The van der Waals surface area contributed by atoms with Gasteiger partial charge in [-0.2, -0.15) is 0 Å².